The summed E-state index contributed by atoms with van der Waals surface area (Å²) < 4.78 is 16.0. The van der Waals surface area contributed by atoms with Crippen LogP contribution in [0.5, 0.6) is 23.0 Å². The maximum atomic E-state index is 10.6. The molecule has 7 nitrogen and oxygen atoms in total. The van der Waals surface area contributed by atoms with E-state index in [9.17, 15) is 20.4 Å². The number of aliphatic hydroxyl groups excluding tert-OH is 3. The molecule has 0 radical (unpaired) electrons. The van der Waals surface area contributed by atoms with Crippen molar-refractivity contribution in [2.75, 3.05) is 20.8 Å². The molecule has 2 aromatic carbocycles. The molecule has 0 amide bonds. The SMILES string of the molecule is COc1cc([C@@H](O)[C@@H](CO)Oc2ccc(C(C)O)cc2OC)ccc1O. The maximum absolute atomic E-state index is 10.6. The van der Waals surface area contributed by atoms with Gasteiger partial charge in [-0.05, 0) is 42.3 Å². The number of benzene rings is 2. The Morgan fingerprint density at radius 3 is 2.08 bits per heavy atom. The van der Waals surface area contributed by atoms with Crippen molar-refractivity contribution in [2.24, 2.45) is 0 Å². The van der Waals surface area contributed by atoms with Gasteiger partial charge in [0.15, 0.2) is 29.1 Å². The predicted octanol–water partition coefficient (Wildman–Crippen LogP) is 1.94. The first kappa shape index (κ1) is 19.8. The van der Waals surface area contributed by atoms with E-state index in [1.54, 1.807) is 25.1 Å². The minimum absolute atomic E-state index is 0.0553. The van der Waals surface area contributed by atoms with Crippen molar-refractivity contribution < 1.29 is 34.6 Å². The van der Waals surface area contributed by atoms with Crippen LogP contribution in [-0.2, 0) is 0 Å². The van der Waals surface area contributed by atoms with Gasteiger partial charge >= 0.3 is 0 Å². The van der Waals surface area contributed by atoms with E-state index in [0.29, 0.717) is 22.6 Å². The van der Waals surface area contributed by atoms with Gasteiger partial charge in [0.1, 0.15) is 6.10 Å². The van der Waals surface area contributed by atoms with Gasteiger partial charge in [0.25, 0.3) is 0 Å². The van der Waals surface area contributed by atoms with Crippen molar-refractivity contribution >= 4 is 0 Å². The van der Waals surface area contributed by atoms with Crippen molar-refractivity contribution in [3.63, 3.8) is 0 Å². The fraction of sp³-hybridized carbons (Fsp3) is 0.368. The Labute approximate surface area is 152 Å². The third-order valence-electron chi connectivity index (χ3n) is 4.03. The lowest BCUT2D eigenvalue weighted by Crippen LogP contribution is -2.29. The molecule has 0 bridgehead atoms. The second-order valence-corrected chi connectivity index (χ2v) is 5.80. The van der Waals surface area contributed by atoms with Gasteiger partial charge < -0.3 is 34.6 Å². The summed E-state index contributed by atoms with van der Waals surface area (Å²) in [5.74, 6) is 0.843. The van der Waals surface area contributed by atoms with Crippen molar-refractivity contribution in [3.8, 4) is 23.0 Å². The third-order valence-corrected chi connectivity index (χ3v) is 4.03. The Morgan fingerprint density at radius 2 is 1.50 bits per heavy atom. The second kappa shape index (κ2) is 8.75. The number of methoxy groups -OCH3 is 2. The average molecular weight is 364 g/mol. The van der Waals surface area contributed by atoms with E-state index >= 15 is 0 Å². The minimum atomic E-state index is -1.17. The first-order chi connectivity index (χ1) is 12.4. The average Bonchev–Trinajstić information content (AvgIpc) is 2.65. The van der Waals surface area contributed by atoms with Gasteiger partial charge in [-0.15, -0.1) is 0 Å². The van der Waals surface area contributed by atoms with Gasteiger partial charge in [0, 0.05) is 0 Å². The molecule has 3 atom stereocenters. The van der Waals surface area contributed by atoms with Crippen molar-refractivity contribution in [3.05, 3.63) is 47.5 Å². The highest BCUT2D eigenvalue weighted by Gasteiger charge is 2.25. The Kier molecular flexibility index (Phi) is 6.68. The van der Waals surface area contributed by atoms with Crippen LogP contribution in [0.15, 0.2) is 36.4 Å². The third kappa shape index (κ3) is 4.37. The summed E-state index contributed by atoms with van der Waals surface area (Å²) in [6.45, 7) is 1.18. The van der Waals surface area contributed by atoms with Gasteiger partial charge in [0.05, 0.1) is 26.9 Å². The highest BCUT2D eigenvalue weighted by Crippen LogP contribution is 2.34. The zero-order valence-electron chi connectivity index (χ0n) is 14.9. The molecule has 0 aliphatic rings. The molecule has 142 valence electrons. The highest BCUT2D eigenvalue weighted by atomic mass is 16.5. The molecule has 2 rings (SSSR count). The Morgan fingerprint density at radius 1 is 0.885 bits per heavy atom. The number of hydrogen-bond donors (Lipinski definition) is 4. The van der Waals surface area contributed by atoms with Crippen LogP contribution in [0.3, 0.4) is 0 Å². The standard InChI is InChI=1S/C19H24O7/c1-11(21)12-5-7-15(17(8-12)25-3)26-18(10-20)19(23)13-4-6-14(22)16(9-13)24-2/h4-9,11,18-23H,10H2,1-3H3/t11?,18-,19-/m1/s1. The lowest BCUT2D eigenvalue weighted by atomic mass is 10.0. The highest BCUT2D eigenvalue weighted by molar-refractivity contribution is 5.45. The van der Waals surface area contributed by atoms with Crippen LogP contribution in [0.2, 0.25) is 0 Å². The summed E-state index contributed by atoms with van der Waals surface area (Å²) in [6, 6.07) is 9.29. The van der Waals surface area contributed by atoms with Gasteiger partial charge in [-0.25, -0.2) is 0 Å². The van der Waals surface area contributed by atoms with Gasteiger partial charge in [-0.3, -0.25) is 0 Å². The number of aliphatic hydroxyl groups is 3. The summed E-state index contributed by atoms with van der Waals surface area (Å²) >= 11 is 0. The number of phenolic OH excluding ortho intramolecular Hbond substituents is 1. The molecule has 1 unspecified atom stereocenters. The summed E-state index contributed by atoms with van der Waals surface area (Å²) in [4.78, 5) is 0. The molecule has 0 aliphatic carbocycles. The van der Waals surface area contributed by atoms with Crippen LogP contribution >= 0.6 is 0 Å². The lowest BCUT2D eigenvalue weighted by Gasteiger charge is -2.24. The lowest BCUT2D eigenvalue weighted by molar-refractivity contribution is -0.000555. The molecular formula is C19H24O7. The Bertz CT molecular complexity index is 730. The van der Waals surface area contributed by atoms with E-state index < -0.39 is 24.9 Å². The van der Waals surface area contributed by atoms with E-state index in [4.69, 9.17) is 14.2 Å². The summed E-state index contributed by atoms with van der Waals surface area (Å²) in [7, 11) is 2.86. The van der Waals surface area contributed by atoms with Crippen molar-refractivity contribution in [1.29, 1.82) is 0 Å². The number of hydrogen-bond acceptors (Lipinski definition) is 7. The molecule has 4 N–H and O–H groups in total. The fourth-order valence-electron chi connectivity index (χ4n) is 2.50. The number of ether oxygens (including phenoxy) is 3. The van der Waals surface area contributed by atoms with E-state index in [2.05, 4.69) is 0 Å². The Balaban J connectivity index is 2.26. The normalized spacial score (nSPS) is 14.4. The topological polar surface area (TPSA) is 109 Å². The van der Waals surface area contributed by atoms with Crippen LogP contribution in [0.4, 0.5) is 0 Å². The van der Waals surface area contributed by atoms with Crippen LogP contribution in [-0.4, -0.2) is 47.4 Å². The first-order valence-corrected chi connectivity index (χ1v) is 8.09. The van der Waals surface area contributed by atoms with Crippen LogP contribution in [0.25, 0.3) is 0 Å². The van der Waals surface area contributed by atoms with Crippen molar-refractivity contribution in [1.82, 2.24) is 0 Å². The van der Waals surface area contributed by atoms with E-state index in [1.807, 2.05) is 0 Å². The number of phenols is 1. The van der Waals surface area contributed by atoms with Crippen LogP contribution in [0.1, 0.15) is 30.3 Å². The molecule has 0 saturated carbocycles. The fourth-order valence-corrected chi connectivity index (χ4v) is 2.50. The number of rotatable bonds is 8. The van der Waals surface area contributed by atoms with Gasteiger partial charge in [-0.2, -0.15) is 0 Å². The molecule has 26 heavy (non-hydrogen) atoms. The minimum Gasteiger partial charge on any atom is -0.504 e. The van der Waals surface area contributed by atoms with Crippen molar-refractivity contribution in [2.45, 2.75) is 25.2 Å². The molecular weight excluding hydrogens is 340 g/mol. The molecule has 0 aromatic heterocycles. The van der Waals surface area contributed by atoms with Crippen LogP contribution < -0.4 is 14.2 Å². The van der Waals surface area contributed by atoms with Gasteiger partial charge in [-0.1, -0.05) is 12.1 Å². The molecule has 0 heterocycles. The van der Waals surface area contributed by atoms with E-state index in [1.165, 1.54) is 32.4 Å². The molecule has 0 spiro atoms. The van der Waals surface area contributed by atoms with E-state index in [0.717, 1.165) is 0 Å². The largest absolute Gasteiger partial charge is 0.504 e. The Hall–Kier alpha value is -2.48. The molecule has 0 aliphatic heterocycles. The monoisotopic (exact) mass is 364 g/mol. The number of aromatic hydroxyl groups is 1. The summed E-state index contributed by atoms with van der Waals surface area (Å²) in [6.07, 6.45) is -2.81. The molecule has 7 heteroatoms. The molecule has 2 aromatic rings. The van der Waals surface area contributed by atoms with Gasteiger partial charge in [0.2, 0.25) is 0 Å². The predicted molar refractivity (Wildman–Crippen MR) is 94.7 cm³/mol. The second-order valence-electron chi connectivity index (χ2n) is 5.80. The zero-order valence-corrected chi connectivity index (χ0v) is 14.9. The smallest absolute Gasteiger partial charge is 0.161 e. The quantitative estimate of drug-likeness (QED) is 0.567. The van der Waals surface area contributed by atoms with Crippen LogP contribution in [0, 0.1) is 0 Å². The summed E-state index contributed by atoms with van der Waals surface area (Å²) in [5.41, 5.74) is 1.07. The molecule has 0 saturated heterocycles. The first-order valence-electron chi connectivity index (χ1n) is 8.09. The molecule has 0 fully saturated rings. The van der Waals surface area contributed by atoms with E-state index in [-0.39, 0.29) is 11.5 Å². The maximum Gasteiger partial charge on any atom is 0.161 e. The zero-order chi connectivity index (χ0) is 19.3. The summed E-state index contributed by atoms with van der Waals surface area (Å²) in [5, 5.41) is 39.5.